The molecule has 0 unspecified atom stereocenters. The van der Waals surface area contributed by atoms with Gasteiger partial charge in [0.25, 0.3) is 0 Å². The molecular formula is C14H12ClN3S. The Balaban J connectivity index is 2.05. The molecule has 0 aliphatic carbocycles. The largest absolute Gasteiger partial charge is 0.395 e. The molecule has 19 heavy (non-hydrogen) atoms. The molecule has 3 nitrogen and oxygen atoms in total. The number of hydrogen-bond donors (Lipinski definition) is 2. The van der Waals surface area contributed by atoms with E-state index in [1.54, 1.807) is 16.8 Å². The third kappa shape index (κ3) is 2.25. The van der Waals surface area contributed by atoms with Gasteiger partial charge in [-0.05, 0) is 36.8 Å². The Labute approximate surface area is 120 Å². The molecule has 0 saturated heterocycles. The first-order valence-electron chi connectivity index (χ1n) is 5.80. The van der Waals surface area contributed by atoms with Crippen molar-refractivity contribution in [3.63, 3.8) is 0 Å². The molecule has 1 heterocycles. The number of aryl methyl sites for hydroxylation is 1. The van der Waals surface area contributed by atoms with E-state index < -0.39 is 0 Å². The van der Waals surface area contributed by atoms with Crippen molar-refractivity contribution in [3.8, 4) is 0 Å². The number of nitrogens with zero attached hydrogens (tertiary/aromatic N) is 1. The summed E-state index contributed by atoms with van der Waals surface area (Å²) in [5.74, 6) is 0. The number of benzene rings is 2. The fraction of sp³-hybridized carbons (Fsp3) is 0.0714. The van der Waals surface area contributed by atoms with E-state index in [-0.39, 0.29) is 0 Å². The van der Waals surface area contributed by atoms with Gasteiger partial charge in [0.05, 0.1) is 21.6 Å². The monoisotopic (exact) mass is 289 g/mol. The van der Waals surface area contributed by atoms with Crippen LogP contribution in [0.1, 0.15) is 5.56 Å². The maximum atomic E-state index is 6.15. The van der Waals surface area contributed by atoms with Gasteiger partial charge in [0.1, 0.15) is 5.52 Å². The van der Waals surface area contributed by atoms with Crippen LogP contribution in [0.4, 0.5) is 17.1 Å². The van der Waals surface area contributed by atoms with Crippen LogP contribution in [0.2, 0.25) is 5.02 Å². The summed E-state index contributed by atoms with van der Waals surface area (Å²) in [7, 11) is 0. The predicted octanol–water partition coefficient (Wildman–Crippen LogP) is 4.58. The van der Waals surface area contributed by atoms with Gasteiger partial charge >= 0.3 is 0 Å². The number of thiazole rings is 1. The summed E-state index contributed by atoms with van der Waals surface area (Å²) >= 11 is 7.60. The highest BCUT2D eigenvalue weighted by Crippen LogP contribution is 2.33. The van der Waals surface area contributed by atoms with Crippen molar-refractivity contribution in [2.24, 2.45) is 0 Å². The van der Waals surface area contributed by atoms with Crippen LogP contribution in [0.3, 0.4) is 0 Å². The topological polar surface area (TPSA) is 50.9 Å². The second kappa shape index (κ2) is 4.72. The van der Waals surface area contributed by atoms with E-state index in [1.165, 1.54) is 0 Å². The zero-order chi connectivity index (χ0) is 13.4. The second-order valence-corrected chi connectivity index (χ2v) is 5.63. The molecule has 0 radical (unpaired) electrons. The molecular weight excluding hydrogens is 278 g/mol. The van der Waals surface area contributed by atoms with Gasteiger partial charge in [0.2, 0.25) is 0 Å². The van der Waals surface area contributed by atoms with Crippen molar-refractivity contribution >= 4 is 50.2 Å². The Bertz CT molecular complexity index is 752. The molecule has 0 atom stereocenters. The molecule has 3 rings (SSSR count). The van der Waals surface area contributed by atoms with Crippen molar-refractivity contribution in [2.75, 3.05) is 11.1 Å². The van der Waals surface area contributed by atoms with Crippen LogP contribution in [0.15, 0.2) is 35.8 Å². The lowest BCUT2D eigenvalue weighted by atomic mass is 10.2. The maximum absolute atomic E-state index is 6.15. The van der Waals surface area contributed by atoms with Gasteiger partial charge in [-0.1, -0.05) is 17.7 Å². The third-order valence-electron chi connectivity index (χ3n) is 3.01. The first-order valence-corrected chi connectivity index (χ1v) is 7.06. The number of nitrogens with two attached hydrogens (primary N) is 1. The van der Waals surface area contributed by atoms with E-state index >= 15 is 0 Å². The summed E-state index contributed by atoms with van der Waals surface area (Å²) in [5, 5.41) is 4.01. The van der Waals surface area contributed by atoms with Gasteiger partial charge in [0, 0.05) is 10.7 Å². The fourth-order valence-electron chi connectivity index (χ4n) is 1.94. The lowest BCUT2D eigenvalue weighted by Gasteiger charge is -2.12. The number of nitrogen functional groups attached to an aromatic ring is 1. The number of halogens is 1. The van der Waals surface area contributed by atoms with Crippen LogP contribution in [-0.4, -0.2) is 4.98 Å². The van der Waals surface area contributed by atoms with Gasteiger partial charge in [0.15, 0.2) is 0 Å². The summed E-state index contributed by atoms with van der Waals surface area (Å²) in [5.41, 5.74) is 12.4. The highest BCUT2D eigenvalue weighted by molar-refractivity contribution is 7.16. The molecule has 2 aromatic carbocycles. The lowest BCUT2D eigenvalue weighted by molar-refractivity contribution is 1.43. The molecule has 3 aromatic rings. The molecule has 0 bridgehead atoms. The van der Waals surface area contributed by atoms with E-state index in [1.807, 2.05) is 37.3 Å². The zero-order valence-corrected chi connectivity index (χ0v) is 11.8. The molecule has 0 fully saturated rings. The quantitative estimate of drug-likeness (QED) is 0.679. The van der Waals surface area contributed by atoms with Crippen LogP contribution in [0.25, 0.3) is 10.2 Å². The van der Waals surface area contributed by atoms with Crippen LogP contribution in [0, 0.1) is 6.92 Å². The molecule has 5 heteroatoms. The van der Waals surface area contributed by atoms with E-state index in [4.69, 9.17) is 17.3 Å². The average molecular weight is 290 g/mol. The third-order valence-corrected chi connectivity index (χ3v) is 4.04. The van der Waals surface area contributed by atoms with Gasteiger partial charge in [-0.15, -0.1) is 11.3 Å². The molecule has 0 spiro atoms. The van der Waals surface area contributed by atoms with Crippen molar-refractivity contribution in [3.05, 3.63) is 46.4 Å². The number of rotatable bonds is 2. The average Bonchev–Trinajstić information content (AvgIpc) is 2.86. The van der Waals surface area contributed by atoms with Crippen LogP contribution < -0.4 is 11.1 Å². The summed E-state index contributed by atoms with van der Waals surface area (Å²) in [4.78, 5) is 4.29. The number of aromatic nitrogens is 1. The first kappa shape index (κ1) is 12.3. The Morgan fingerprint density at radius 1 is 1.21 bits per heavy atom. The molecule has 96 valence electrons. The van der Waals surface area contributed by atoms with Gasteiger partial charge < -0.3 is 11.1 Å². The van der Waals surface area contributed by atoms with Crippen molar-refractivity contribution in [1.29, 1.82) is 0 Å². The van der Waals surface area contributed by atoms with Crippen molar-refractivity contribution < 1.29 is 0 Å². The van der Waals surface area contributed by atoms with E-state index in [0.717, 1.165) is 27.2 Å². The normalized spacial score (nSPS) is 10.8. The number of anilines is 3. The maximum Gasteiger partial charge on any atom is 0.106 e. The minimum Gasteiger partial charge on any atom is -0.395 e. The minimum atomic E-state index is 0.665. The Hall–Kier alpha value is -1.78. The summed E-state index contributed by atoms with van der Waals surface area (Å²) in [6.45, 7) is 2.02. The summed E-state index contributed by atoms with van der Waals surface area (Å²) < 4.78 is 1.09. The first-order chi connectivity index (χ1) is 9.15. The Morgan fingerprint density at radius 3 is 2.89 bits per heavy atom. The molecule has 0 amide bonds. The highest BCUT2D eigenvalue weighted by Gasteiger charge is 2.08. The fourth-order valence-corrected chi connectivity index (χ4v) is 2.80. The van der Waals surface area contributed by atoms with Gasteiger partial charge in [-0.25, -0.2) is 4.98 Å². The van der Waals surface area contributed by atoms with Crippen molar-refractivity contribution in [2.45, 2.75) is 6.92 Å². The zero-order valence-electron chi connectivity index (χ0n) is 10.3. The second-order valence-electron chi connectivity index (χ2n) is 4.31. The standard InChI is InChI=1S/C14H12ClN3S/c1-8-2-3-9(15)6-11(8)18-10-4-5-12-14(13(10)16)17-7-19-12/h2-7,18H,16H2,1H3. The lowest BCUT2D eigenvalue weighted by Crippen LogP contribution is -1.98. The predicted molar refractivity (Wildman–Crippen MR) is 83.5 cm³/mol. The molecule has 0 aliphatic heterocycles. The minimum absolute atomic E-state index is 0.665. The van der Waals surface area contributed by atoms with E-state index in [0.29, 0.717) is 10.7 Å². The molecule has 0 saturated carbocycles. The van der Waals surface area contributed by atoms with Gasteiger partial charge in [-0.2, -0.15) is 0 Å². The van der Waals surface area contributed by atoms with Crippen LogP contribution in [0.5, 0.6) is 0 Å². The molecule has 0 aliphatic rings. The Kier molecular flexibility index (Phi) is 3.05. The number of hydrogen-bond acceptors (Lipinski definition) is 4. The number of fused-ring (bicyclic) bond motifs is 1. The van der Waals surface area contributed by atoms with Crippen molar-refractivity contribution in [1.82, 2.24) is 4.98 Å². The summed E-state index contributed by atoms with van der Waals surface area (Å²) in [6, 6.07) is 9.72. The van der Waals surface area contributed by atoms with E-state index in [9.17, 15) is 0 Å². The highest BCUT2D eigenvalue weighted by atomic mass is 35.5. The smallest absolute Gasteiger partial charge is 0.106 e. The van der Waals surface area contributed by atoms with Crippen LogP contribution >= 0.6 is 22.9 Å². The summed E-state index contributed by atoms with van der Waals surface area (Å²) in [6.07, 6.45) is 0. The number of nitrogens with one attached hydrogen (secondary N) is 1. The Morgan fingerprint density at radius 2 is 2.05 bits per heavy atom. The van der Waals surface area contributed by atoms with E-state index in [2.05, 4.69) is 10.3 Å². The molecule has 1 aromatic heterocycles. The van der Waals surface area contributed by atoms with Crippen LogP contribution in [-0.2, 0) is 0 Å². The van der Waals surface area contributed by atoms with Gasteiger partial charge in [-0.3, -0.25) is 0 Å². The molecule has 3 N–H and O–H groups in total. The SMILES string of the molecule is Cc1ccc(Cl)cc1Nc1ccc2scnc2c1N.